The van der Waals surface area contributed by atoms with Crippen molar-refractivity contribution in [2.24, 2.45) is 5.73 Å². The van der Waals surface area contributed by atoms with Crippen LogP contribution in [0.1, 0.15) is 25.0 Å². The van der Waals surface area contributed by atoms with Crippen LogP contribution in [-0.4, -0.2) is 54.0 Å². The summed E-state index contributed by atoms with van der Waals surface area (Å²) in [4.78, 5) is 17.0. The number of ether oxygens (including phenoxy) is 1. The molecule has 1 fully saturated rings. The first-order valence-electron chi connectivity index (χ1n) is 10.2. The molecule has 2 N–H and O–H groups in total. The Labute approximate surface area is 172 Å². The SMILES string of the molecule is CC1CN(C(=O)COc2ccc(CCN)cc2)C(C)CN1Cc1ccc(F)cc1. The molecule has 2 unspecified atom stereocenters. The predicted octanol–water partition coefficient (Wildman–Crippen LogP) is 2.83. The average Bonchev–Trinajstić information content (AvgIpc) is 2.71. The van der Waals surface area contributed by atoms with Crippen LogP contribution in [0.3, 0.4) is 0 Å². The summed E-state index contributed by atoms with van der Waals surface area (Å²) in [6, 6.07) is 14.6. The number of hydrogen-bond acceptors (Lipinski definition) is 4. The third-order valence-corrected chi connectivity index (χ3v) is 5.45. The highest BCUT2D eigenvalue weighted by Crippen LogP contribution is 2.19. The monoisotopic (exact) mass is 399 g/mol. The van der Waals surface area contributed by atoms with Crippen LogP contribution < -0.4 is 10.5 Å². The summed E-state index contributed by atoms with van der Waals surface area (Å²) >= 11 is 0. The molecule has 1 amide bonds. The van der Waals surface area contributed by atoms with E-state index in [0.717, 1.165) is 30.6 Å². The Morgan fingerprint density at radius 2 is 1.69 bits per heavy atom. The molecule has 0 radical (unpaired) electrons. The molecule has 0 saturated carbocycles. The second-order valence-corrected chi connectivity index (χ2v) is 7.77. The van der Waals surface area contributed by atoms with Crippen LogP contribution in [0.25, 0.3) is 0 Å². The number of carbonyl (C=O) groups is 1. The molecule has 0 aliphatic carbocycles. The van der Waals surface area contributed by atoms with Gasteiger partial charge in [-0.3, -0.25) is 9.69 Å². The zero-order valence-electron chi connectivity index (χ0n) is 17.2. The van der Waals surface area contributed by atoms with Crippen molar-refractivity contribution in [3.63, 3.8) is 0 Å². The van der Waals surface area contributed by atoms with Gasteiger partial charge in [-0.2, -0.15) is 0 Å². The van der Waals surface area contributed by atoms with Gasteiger partial charge in [0.05, 0.1) is 0 Å². The number of hydrogen-bond donors (Lipinski definition) is 1. The van der Waals surface area contributed by atoms with E-state index in [9.17, 15) is 9.18 Å². The molecule has 3 rings (SSSR count). The lowest BCUT2D eigenvalue weighted by Crippen LogP contribution is -2.58. The van der Waals surface area contributed by atoms with E-state index in [4.69, 9.17) is 10.5 Å². The minimum Gasteiger partial charge on any atom is -0.484 e. The quantitative estimate of drug-likeness (QED) is 0.778. The molecule has 1 aliphatic heterocycles. The fourth-order valence-electron chi connectivity index (χ4n) is 3.74. The number of rotatable bonds is 7. The first kappa shape index (κ1) is 21.3. The van der Waals surface area contributed by atoms with Crippen LogP contribution in [0.15, 0.2) is 48.5 Å². The van der Waals surface area contributed by atoms with Crippen LogP contribution >= 0.6 is 0 Å². The summed E-state index contributed by atoms with van der Waals surface area (Å²) in [5, 5.41) is 0. The molecule has 2 atom stereocenters. The van der Waals surface area contributed by atoms with Gasteiger partial charge < -0.3 is 15.4 Å². The molecular formula is C23H30FN3O2. The number of nitrogens with two attached hydrogens (primary N) is 1. The summed E-state index contributed by atoms with van der Waals surface area (Å²) in [5.41, 5.74) is 7.80. The number of amides is 1. The zero-order valence-corrected chi connectivity index (χ0v) is 17.2. The third-order valence-electron chi connectivity index (χ3n) is 5.45. The van der Waals surface area contributed by atoms with Gasteiger partial charge in [0.15, 0.2) is 6.61 Å². The van der Waals surface area contributed by atoms with Gasteiger partial charge in [0.1, 0.15) is 11.6 Å². The van der Waals surface area contributed by atoms with Crippen molar-refractivity contribution in [2.75, 3.05) is 26.2 Å². The van der Waals surface area contributed by atoms with Crippen LogP contribution in [0, 0.1) is 5.82 Å². The van der Waals surface area contributed by atoms with Gasteiger partial charge in [-0.1, -0.05) is 24.3 Å². The molecule has 0 aromatic heterocycles. The third kappa shape index (κ3) is 5.78. The van der Waals surface area contributed by atoms with E-state index in [2.05, 4.69) is 18.7 Å². The van der Waals surface area contributed by atoms with Crippen molar-refractivity contribution < 1.29 is 13.9 Å². The van der Waals surface area contributed by atoms with Crippen molar-refractivity contribution in [1.29, 1.82) is 0 Å². The Balaban J connectivity index is 1.52. The molecule has 5 nitrogen and oxygen atoms in total. The number of benzene rings is 2. The largest absolute Gasteiger partial charge is 0.484 e. The fourth-order valence-corrected chi connectivity index (χ4v) is 3.74. The molecule has 1 saturated heterocycles. The standard InChI is InChI=1S/C23H30FN3O2/c1-17-14-27(18(2)13-26(17)15-20-3-7-21(24)8-4-20)23(28)16-29-22-9-5-19(6-10-22)11-12-25/h3-10,17-18H,11-16,25H2,1-2H3. The highest BCUT2D eigenvalue weighted by atomic mass is 19.1. The molecular weight excluding hydrogens is 369 g/mol. The lowest BCUT2D eigenvalue weighted by molar-refractivity contribution is -0.139. The summed E-state index contributed by atoms with van der Waals surface area (Å²) in [6.07, 6.45) is 0.830. The van der Waals surface area contributed by atoms with Crippen LogP contribution in [0.4, 0.5) is 4.39 Å². The highest BCUT2D eigenvalue weighted by molar-refractivity contribution is 5.78. The minimum atomic E-state index is -0.223. The van der Waals surface area contributed by atoms with Gasteiger partial charge in [-0.05, 0) is 62.2 Å². The van der Waals surface area contributed by atoms with Crippen molar-refractivity contribution in [3.8, 4) is 5.75 Å². The summed E-state index contributed by atoms with van der Waals surface area (Å²) in [7, 11) is 0. The van der Waals surface area contributed by atoms with Crippen LogP contribution in [-0.2, 0) is 17.8 Å². The molecule has 2 aromatic rings. The Bertz CT molecular complexity index is 795. The maximum atomic E-state index is 13.1. The lowest BCUT2D eigenvalue weighted by atomic mass is 10.1. The van der Waals surface area contributed by atoms with Crippen LogP contribution in [0.2, 0.25) is 0 Å². The van der Waals surface area contributed by atoms with E-state index in [1.165, 1.54) is 12.1 Å². The Morgan fingerprint density at radius 3 is 2.34 bits per heavy atom. The van der Waals surface area contributed by atoms with Gasteiger partial charge in [-0.15, -0.1) is 0 Å². The predicted molar refractivity (Wildman–Crippen MR) is 112 cm³/mol. The molecule has 1 heterocycles. The van der Waals surface area contributed by atoms with Crippen molar-refractivity contribution in [3.05, 3.63) is 65.5 Å². The van der Waals surface area contributed by atoms with E-state index in [1.807, 2.05) is 41.3 Å². The smallest absolute Gasteiger partial charge is 0.260 e. The summed E-state index contributed by atoms with van der Waals surface area (Å²) < 4.78 is 18.8. The second-order valence-electron chi connectivity index (χ2n) is 7.77. The number of halogens is 1. The lowest BCUT2D eigenvalue weighted by Gasteiger charge is -2.44. The molecule has 0 bridgehead atoms. The number of nitrogens with zero attached hydrogens (tertiary/aromatic N) is 2. The summed E-state index contributed by atoms with van der Waals surface area (Å²) in [6.45, 7) is 7.00. The highest BCUT2D eigenvalue weighted by Gasteiger charge is 2.32. The first-order valence-corrected chi connectivity index (χ1v) is 10.2. The molecule has 0 spiro atoms. The molecule has 6 heteroatoms. The average molecular weight is 400 g/mol. The fraction of sp³-hybridized carbons (Fsp3) is 0.435. The van der Waals surface area contributed by atoms with Gasteiger partial charge in [-0.25, -0.2) is 4.39 Å². The van der Waals surface area contributed by atoms with E-state index >= 15 is 0 Å². The van der Waals surface area contributed by atoms with Gasteiger partial charge >= 0.3 is 0 Å². The zero-order chi connectivity index (χ0) is 20.8. The van der Waals surface area contributed by atoms with E-state index in [0.29, 0.717) is 18.8 Å². The molecule has 29 heavy (non-hydrogen) atoms. The summed E-state index contributed by atoms with van der Waals surface area (Å²) in [5.74, 6) is 0.464. The van der Waals surface area contributed by atoms with E-state index in [-0.39, 0.29) is 30.4 Å². The topological polar surface area (TPSA) is 58.8 Å². The minimum absolute atomic E-state index is 0.00295. The molecule has 2 aromatic carbocycles. The van der Waals surface area contributed by atoms with Crippen molar-refractivity contribution in [2.45, 2.75) is 38.9 Å². The maximum Gasteiger partial charge on any atom is 0.260 e. The van der Waals surface area contributed by atoms with Crippen LogP contribution in [0.5, 0.6) is 5.75 Å². The van der Waals surface area contributed by atoms with E-state index < -0.39 is 0 Å². The Kier molecular flexibility index (Phi) is 7.23. The van der Waals surface area contributed by atoms with Gasteiger partial charge in [0.2, 0.25) is 0 Å². The van der Waals surface area contributed by atoms with Gasteiger partial charge in [0, 0.05) is 31.7 Å². The first-order chi connectivity index (χ1) is 14.0. The van der Waals surface area contributed by atoms with Gasteiger partial charge in [0.25, 0.3) is 5.91 Å². The number of carbonyl (C=O) groups excluding carboxylic acids is 1. The second kappa shape index (κ2) is 9.85. The Hall–Kier alpha value is -2.44. The molecule has 1 aliphatic rings. The van der Waals surface area contributed by atoms with E-state index in [1.54, 1.807) is 0 Å². The normalized spacial score (nSPS) is 19.9. The Morgan fingerprint density at radius 1 is 1.03 bits per heavy atom. The van der Waals surface area contributed by atoms with Crippen molar-refractivity contribution in [1.82, 2.24) is 9.80 Å². The van der Waals surface area contributed by atoms with Crippen molar-refractivity contribution >= 4 is 5.91 Å². The maximum absolute atomic E-state index is 13.1. The number of piperazine rings is 1. The molecule has 156 valence electrons.